The largest absolute Gasteiger partial charge is 0.381 e. The summed E-state index contributed by atoms with van der Waals surface area (Å²) >= 11 is 1.86. The van der Waals surface area contributed by atoms with Gasteiger partial charge in [0.15, 0.2) is 5.96 Å². The number of hydrogen-bond acceptors (Lipinski definition) is 5. The summed E-state index contributed by atoms with van der Waals surface area (Å²) in [7, 11) is 0. The molecule has 0 aromatic carbocycles. The van der Waals surface area contributed by atoms with Crippen LogP contribution in [0.3, 0.4) is 0 Å². The van der Waals surface area contributed by atoms with Gasteiger partial charge in [-0.3, -0.25) is 9.89 Å². The second-order valence-corrected chi connectivity index (χ2v) is 9.46. The summed E-state index contributed by atoms with van der Waals surface area (Å²) in [5.41, 5.74) is 0. The van der Waals surface area contributed by atoms with Crippen LogP contribution in [-0.2, 0) is 16.0 Å². The molecule has 2 aliphatic rings. The van der Waals surface area contributed by atoms with Gasteiger partial charge >= 0.3 is 0 Å². The predicted molar refractivity (Wildman–Crippen MR) is 125 cm³/mol. The second-order valence-electron chi connectivity index (χ2n) is 8.43. The van der Waals surface area contributed by atoms with E-state index in [4.69, 9.17) is 14.5 Å². The van der Waals surface area contributed by atoms with Crippen molar-refractivity contribution < 1.29 is 9.47 Å². The quantitative estimate of drug-likeness (QED) is 0.317. The van der Waals surface area contributed by atoms with Crippen LogP contribution in [0, 0.1) is 11.8 Å². The maximum atomic E-state index is 5.86. The summed E-state index contributed by atoms with van der Waals surface area (Å²) in [6.07, 6.45) is 5.78. The fourth-order valence-electron chi connectivity index (χ4n) is 4.06. The number of nitrogens with one attached hydrogen (secondary N) is 2. The molecule has 0 spiro atoms. The molecular weight excluding hydrogens is 396 g/mol. The van der Waals surface area contributed by atoms with E-state index in [-0.39, 0.29) is 0 Å². The summed E-state index contributed by atoms with van der Waals surface area (Å²) in [4.78, 5) is 8.91. The Labute approximate surface area is 186 Å². The Morgan fingerprint density at radius 3 is 2.77 bits per heavy atom. The Kier molecular flexibility index (Phi) is 11.0. The van der Waals surface area contributed by atoms with Crippen molar-refractivity contribution in [3.63, 3.8) is 0 Å². The zero-order chi connectivity index (χ0) is 20.9. The lowest BCUT2D eigenvalue weighted by Gasteiger charge is -2.31. The van der Waals surface area contributed by atoms with Gasteiger partial charge < -0.3 is 20.1 Å². The monoisotopic (exact) mass is 436 g/mol. The molecule has 3 rings (SSSR count). The van der Waals surface area contributed by atoms with E-state index >= 15 is 0 Å². The van der Waals surface area contributed by atoms with Crippen LogP contribution in [0.15, 0.2) is 22.5 Å². The number of piperidine rings is 1. The van der Waals surface area contributed by atoms with Crippen molar-refractivity contribution in [3.8, 4) is 0 Å². The average Bonchev–Trinajstić information content (AvgIpc) is 3.29. The lowest BCUT2D eigenvalue weighted by atomic mass is 9.97. The van der Waals surface area contributed by atoms with E-state index in [0.717, 1.165) is 77.8 Å². The Bertz CT molecular complexity index is 582. The minimum atomic E-state index is 0.683. The zero-order valence-electron chi connectivity index (χ0n) is 18.6. The summed E-state index contributed by atoms with van der Waals surface area (Å²) in [5, 5.41) is 9.02. The summed E-state index contributed by atoms with van der Waals surface area (Å²) < 4.78 is 11.3. The first-order chi connectivity index (χ1) is 14.8. The molecule has 0 unspecified atom stereocenters. The predicted octanol–water partition coefficient (Wildman–Crippen LogP) is 3.35. The number of rotatable bonds is 11. The first-order valence-electron chi connectivity index (χ1n) is 11.8. The normalized spacial score (nSPS) is 19.8. The van der Waals surface area contributed by atoms with Crippen LogP contribution in [0.25, 0.3) is 0 Å². The molecular formula is C23H40N4O2S. The third-order valence-electron chi connectivity index (χ3n) is 5.97. The lowest BCUT2D eigenvalue weighted by molar-refractivity contribution is 0.0203. The summed E-state index contributed by atoms with van der Waals surface area (Å²) in [6, 6.07) is 4.39. The molecule has 30 heavy (non-hydrogen) atoms. The van der Waals surface area contributed by atoms with Gasteiger partial charge in [-0.25, -0.2) is 0 Å². The van der Waals surface area contributed by atoms with Crippen LogP contribution in [-0.4, -0.2) is 70.0 Å². The van der Waals surface area contributed by atoms with E-state index in [1.54, 1.807) is 0 Å². The van der Waals surface area contributed by atoms with E-state index in [1.165, 1.54) is 30.8 Å². The molecule has 2 fully saturated rings. The summed E-state index contributed by atoms with van der Waals surface area (Å²) in [5.74, 6) is 2.33. The molecule has 3 heterocycles. The Hall–Kier alpha value is -1.15. The zero-order valence-corrected chi connectivity index (χ0v) is 19.4. The molecule has 0 bridgehead atoms. The number of guanidine groups is 1. The van der Waals surface area contributed by atoms with Crippen molar-refractivity contribution in [1.82, 2.24) is 15.5 Å². The van der Waals surface area contributed by atoms with E-state index in [2.05, 4.69) is 40.0 Å². The topological polar surface area (TPSA) is 58.1 Å². The molecule has 0 saturated carbocycles. The minimum absolute atomic E-state index is 0.683. The van der Waals surface area contributed by atoms with Crippen LogP contribution in [0.1, 0.15) is 43.9 Å². The molecule has 0 atom stereocenters. The number of nitrogens with zero attached hydrogens (tertiary/aromatic N) is 2. The Balaban J connectivity index is 1.26. The average molecular weight is 437 g/mol. The third kappa shape index (κ3) is 8.92. The maximum Gasteiger partial charge on any atom is 0.191 e. The highest BCUT2D eigenvalue weighted by Crippen LogP contribution is 2.21. The molecule has 1 aromatic heterocycles. The molecule has 170 valence electrons. The molecule has 0 amide bonds. The number of thiophene rings is 1. The van der Waals surface area contributed by atoms with Gasteiger partial charge in [0.25, 0.3) is 0 Å². The van der Waals surface area contributed by atoms with Gasteiger partial charge in [0.2, 0.25) is 0 Å². The molecule has 7 heteroatoms. The van der Waals surface area contributed by atoms with Gasteiger partial charge in [0, 0.05) is 57.5 Å². The van der Waals surface area contributed by atoms with Gasteiger partial charge in [0.05, 0.1) is 0 Å². The molecule has 6 nitrogen and oxygen atoms in total. The van der Waals surface area contributed by atoms with Gasteiger partial charge in [-0.1, -0.05) is 6.07 Å². The van der Waals surface area contributed by atoms with Gasteiger partial charge in [-0.15, -0.1) is 11.3 Å². The fraction of sp³-hybridized carbons (Fsp3) is 0.783. The lowest BCUT2D eigenvalue weighted by Crippen LogP contribution is -2.39. The highest BCUT2D eigenvalue weighted by Gasteiger charge is 2.19. The number of ether oxygens (including phenoxy) is 2. The SMILES string of the molecule is CCNC(=NCC1CCN(Cc2cccs2)CC1)NCCCOCC1CCOCC1. The number of likely N-dealkylation sites (tertiary alicyclic amines) is 1. The van der Waals surface area contributed by atoms with Gasteiger partial charge in [-0.05, 0) is 75.4 Å². The number of aliphatic imine (C=N–C) groups is 1. The van der Waals surface area contributed by atoms with Crippen LogP contribution in [0.2, 0.25) is 0 Å². The smallest absolute Gasteiger partial charge is 0.191 e. The Morgan fingerprint density at radius 2 is 2.03 bits per heavy atom. The van der Waals surface area contributed by atoms with Crippen LogP contribution >= 0.6 is 11.3 Å². The maximum absolute atomic E-state index is 5.86. The van der Waals surface area contributed by atoms with E-state index in [0.29, 0.717) is 11.8 Å². The first-order valence-corrected chi connectivity index (χ1v) is 12.6. The second kappa shape index (κ2) is 14.0. The van der Waals surface area contributed by atoms with Crippen molar-refractivity contribution >= 4 is 17.3 Å². The molecule has 2 aliphatic heterocycles. The molecule has 0 aliphatic carbocycles. The molecule has 2 N–H and O–H groups in total. The minimum Gasteiger partial charge on any atom is -0.381 e. The van der Waals surface area contributed by atoms with Crippen molar-refractivity contribution in [1.29, 1.82) is 0 Å². The van der Waals surface area contributed by atoms with Crippen molar-refractivity contribution in [2.75, 3.05) is 59.2 Å². The van der Waals surface area contributed by atoms with Crippen molar-refractivity contribution in [2.45, 2.75) is 45.6 Å². The summed E-state index contributed by atoms with van der Waals surface area (Å²) in [6.45, 7) is 11.8. The molecule has 0 radical (unpaired) electrons. The highest BCUT2D eigenvalue weighted by molar-refractivity contribution is 7.09. The standard InChI is InChI=1S/C23H40N4O2S/c1-2-24-23(25-10-4-13-29-19-21-8-14-28-15-9-21)26-17-20-6-11-27(12-7-20)18-22-5-3-16-30-22/h3,5,16,20-21H,2,4,6-15,17-19H2,1H3,(H2,24,25,26). The van der Waals surface area contributed by atoms with Crippen molar-refractivity contribution in [2.24, 2.45) is 16.8 Å². The van der Waals surface area contributed by atoms with Gasteiger partial charge in [-0.2, -0.15) is 0 Å². The van der Waals surface area contributed by atoms with Crippen molar-refractivity contribution in [3.05, 3.63) is 22.4 Å². The van der Waals surface area contributed by atoms with Crippen LogP contribution in [0.5, 0.6) is 0 Å². The Morgan fingerprint density at radius 1 is 1.20 bits per heavy atom. The number of hydrogen-bond donors (Lipinski definition) is 2. The molecule has 2 saturated heterocycles. The first kappa shape index (κ1) is 23.5. The molecule has 1 aromatic rings. The van der Waals surface area contributed by atoms with E-state index in [1.807, 2.05) is 11.3 Å². The van der Waals surface area contributed by atoms with Gasteiger partial charge in [0.1, 0.15) is 0 Å². The fourth-order valence-corrected chi connectivity index (χ4v) is 4.80. The van der Waals surface area contributed by atoms with Crippen LogP contribution in [0.4, 0.5) is 0 Å². The highest BCUT2D eigenvalue weighted by atomic mass is 32.1. The van der Waals surface area contributed by atoms with E-state index in [9.17, 15) is 0 Å². The third-order valence-corrected chi connectivity index (χ3v) is 6.83. The van der Waals surface area contributed by atoms with E-state index < -0.39 is 0 Å². The van der Waals surface area contributed by atoms with Crippen LogP contribution < -0.4 is 10.6 Å².